The summed E-state index contributed by atoms with van der Waals surface area (Å²) < 4.78 is 0. The standard InChI is InChI=1S/C17H20N4/c1-21(13-5-12-18)17-10-8-15(9-11-17)14-19-20-16-6-3-2-4-7-16/h2-4,6-11,19-20H,5,13-14H2,1H3. The molecule has 0 aromatic heterocycles. The Kier molecular flexibility index (Phi) is 5.62. The zero-order chi connectivity index (χ0) is 14.9. The summed E-state index contributed by atoms with van der Waals surface area (Å²) >= 11 is 0. The van der Waals surface area contributed by atoms with Crippen LogP contribution in [0, 0.1) is 11.3 Å². The van der Waals surface area contributed by atoms with Crippen LogP contribution in [0.2, 0.25) is 0 Å². The van der Waals surface area contributed by atoms with E-state index in [0.29, 0.717) is 6.42 Å². The SMILES string of the molecule is CN(CCC#N)c1ccc(CNNc2ccccc2)cc1. The summed E-state index contributed by atoms with van der Waals surface area (Å²) in [4.78, 5) is 2.09. The molecule has 2 aromatic rings. The number of nitriles is 1. The second-order valence-electron chi connectivity index (χ2n) is 4.84. The van der Waals surface area contributed by atoms with Gasteiger partial charge in [-0.2, -0.15) is 5.26 Å². The Hall–Kier alpha value is -2.51. The Morgan fingerprint density at radius 1 is 1.05 bits per heavy atom. The number of benzene rings is 2. The molecule has 0 saturated heterocycles. The Bertz CT molecular complexity index is 572. The number of hydrogen-bond donors (Lipinski definition) is 2. The van der Waals surface area contributed by atoms with Crippen LogP contribution in [0.4, 0.5) is 11.4 Å². The molecule has 0 aliphatic rings. The molecule has 0 unspecified atom stereocenters. The molecular formula is C17H20N4. The Labute approximate surface area is 126 Å². The van der Waals surface area contributed by atoms with E-state index in [1.165, 1.54) is 5.56 Å². The number of para-hydroxylation sites is 1. The third-order valence-corrected chi connectivity index (χ3v) is 3.24. The number of rotatable bonds is 7. The average Bonchev–Trinajstić information content (AvgIpc) is 2.54. The summed E-state index contributed by atoms with van der Waals surface area (Å²) in [6.45, 7) is 1.50. The van der Waals surface area contributed by atoms with Crippen LogP contribution in [0.1, 0.15) is 12.0 Å². The first kappa shape index (κ1) is 14.9. The molecule has 2 N–H and O–H groups in total. The van der Waals surface area contributed by atoms with Gasteiger partial charge in [0.2, 0.25) is 0 Å². The summed E-state index contributed by atoms with van der Waals surface area (Å²) in [6, 6.07) is 20.5. The van der Waals surface area contributed by atoms with Gasteiger partial charge in [0, 0.05) is 31.5 Å². The van der Waals surface area contributed by atoms with E-state index in [2.05, 4.69) is 46.1 Å². The Morgan fingerprint density at radius 2 is 1.76 bits per heavy atom. The van der Waals surface area contributed by atoms with Crippen molar-refractivity contribution in [2.45, 2.75) is 13.0 Å². The fraction of sp³-hybridized carbons (Fsp3) is 0.235. The number of nitrogens with zero attached hydrogens (tertiary/aromatic N) is 2. The van der Waals surface area contributed by atoms with Gasteiger partial charge in [-0.25, -0.2) is 5.43 Å². The van der Waals surface area contributed by atoms with Crippen LogP contribution in [-0.4, -0.2) is 13.6 Å². The molecule has 0 heterocycles. The molecule has 21 heavy (non-hydrogen) atoms. The Balaban J connectivity index is 1.81. The van der Waals surface area contributed by atoms with Gasteiger partial charge >= 0.3 is 0 Å². The summed E-state index contributed by atoms with van der Waals surface area (Å²) in [5, 5.41) is 8.61. The van der Waals surface area contributed by atoms with Gasteiger partial charge in [0.05, 0.1) is 12.5 Å². The van der Waals surface area contributed by atoms with Crippen molar-refractivity contribution in [1.29, 1.82) is 5.26 Å². The number of hydrazine groups is 1. The van der Waals surface area contributed by atoms with E-state index >= 15 is 0 Å². The number of anilines is 2. The molecule has 0 fully saturated rings. The lowest BCUT2D eigenvalue weighted by atomic mass is 10.2. The van der Waals surface area contributed by atoms with Gasteiger partial charge in [-0.3, -0.25) is 0 Å². The molecule has 108 valence electrons. The van der Waals surface area contributed by atoms with Gasteiger partial charge in [-0.1, -0.05) is 30.3 Å². The topological polar surface area (TPSA) is 51.1 Å². The molecule has 0 radical (unpaired) electrons. The van der Waals surface area contributed by atoms with Crippen molar-refractivity contribution in [3.63, 3.8) is 0 Å². The Morgan fingerprint density at radius 3 is 2.43 bits per heavy atom. The van der Waals surface area contributed by atoms with Crippen LogP contribution in [0.3, 0.4) is 0 Å². The lowest BCUT2D eigenvalue weighted by molar-refractivity contribution is 0.801. The summed E-state index contributed by atoms with van der Waals surface area (Å²) in [6.07, 6.45) is 0.542. The predicted molar refractivity (Wildman–Crippen MR) is 86.8 cm³/mol. The summed E-state index contributed by atoms with van der Waals surface area (Å²) in [5.41, 5.74) is 9.74. The monoisotopic (exact) mass is 280 g/mol. The maximum atomic E-state index is 8.61. The van der Waals surface area contributed by atoms with Crippen LogP contribution in [0.5, 0.6) is 0 Å². The molecule has 2 aromatic carbocycles. The van der Waals surface area contributed by atoms with Crippen molar-refractivity contribution in [3.8, 4) is 6.07 Å². The van der Waals surface area contributed by atoms with Gasteiger partial charge in [-0.15, -0.1) is 0 Å². The van der Waals surface area contributed by atoms with E-state index < -0.39 is 0 Å². The van der Waals surface area contributed by atoms with Crippen molar-refractivity contribution >= 4 is 11.4 Å². The van der Waals surface area contributed by atoms with Crippen LogP contribution in [0.15, 0.2) is 54.6 Å². The van der Waals surface area contributed by atoms with Gasteiger partial charge in [0.15, 0.2) is 0 Å². The largest absolute Gasteiger partial charge is 0.374 e. The first-order valence-electron chi connectivity index (χ1n) is 7.00. The van der Waals surface area contributed by atoms with E-state index in [0.717, 1.165) is 24.5 Å². The summed E-state index contributed by atoms with van der Waals surface area (Å²) in [7, 11) is 2.00. The van der Waals surface area contributed by atoms with Gasteiger partial charge < -0.3 is 10.3 Å². The van der Waals surface area contributed by atoms with E-state index in [1.54, 1.807) is 0 Å². The fourth-order valence-electron chi connectivity index (χ4n) is 1.98. The minimum Gasteiger partial charge on any atom is -0.374 e. The lowest BCUT2D eigenvalue weighted by Gasteiger charge is -2.18. The van der Waals surface area contributed by atoms with Crippen molar-refractivity contribution in [3.05, 3.63) is 60.2 Å². The molecule has 0 bridgehead atoms. The molecule has 0 aliphatic heterocycles. The highest BCUT2D eigenvalue weighted by Gasteiger charge is 2.00. The zero-order valence-electron chi connectivity index (χ0n) is 12.2. The molecular weight excluding hydrogens is 260 g/mol. The molecule has 0 spiro atoms. The first-order valence-corrected chi connectivity index (χ1v) is 7.00. The molecule has 0 amide bonds. The minimum absolute atomic E-state index is 0.542. The molecule has 4 heteroatoms. The third-order valence-electron chi connectivity index (χ3n) is 3.24. The molecule has 0 saturated carbocycles. The van der Waals surface area contributed by atoms with Crippen LogP contribution >= 0.6 is 0 Å². The maximum Gasteiger partial charge on any atom is 0.0640 e. The van der Waals surface area contributed by atoms with Crippen molar-refractivity contribution < 1.29 is 0 Å². The maximum absolute atomic E-state index is 8.61. The predicted octanol–water partition coefficient (Wildman–Crippen LogP) is 3.15. The number of nitrogens with one attached hydrogen (secondary N) is 2. The lowest BCUT2D eigenvalue weighted by Crippen LogP contribution is -2.21. The van der Waals surface area contributed by atoms with Crippen LogP contribution in [0.25, 0.3) is 0 Å². The summed E-state index contributed by atoms with van der Waals surface area (Å²) in [5.74, 6) is 0. The first-order chi connectivity index (χ1) is 10.3. The van der Waals surface area contributed by atoms with Crippen LogP contribution in [-0.2, 0) is 6.54 Å². The molecule has 0 aliphatic carbocycles. The second kappa shape index (κ2) is 7.93. The quantitative estimate of drug-likeness (QED) is 0.765. The smallest absolute Gasteiger partial charge is 0.0640 e. The van der Waals surface area contributed by atoms with Gasteiger partial charge in [-0.05, 0) is 29.8 Å². The van der Waals surface area contributed by atoms with Crippen LogP contribution < -0.4 is 15.8 Å². The van der Waals surface area contributed by atoms with Crippen molar-refractivity contribution in [2.24, 2.45) is 0 Å². The second-order valence-corrected chi connectivity index (χ2v) is 4.84. The number of hydrogen-bond acceptors (Lipinski definition) is 4. The highest BCUT2D eigenvalue weighted by molar-refractivity contribution is 5.47. The van der Waals surface area contributed by atoms with E-state index in [1.807, 2.05) is 37.4 Å². The fourth-order valence-corrected chi connectivity index (χ4v) is 1.98. The van der Waals surface area contributed by atoms with Crippen molar-refractivity contribution in [1.82, 2.24) is 5.43 Å². The molecule has 2 rings (SSSR count). The highest BCUT2D eigenvalue weighted by Crippen LogP contribution is 2.14. The minimum atomic E-state index is 0.542. The van der Waals surface area contributed by atoms with Gasteiger partial charge in [0.25, 0.3) is 0 Å². The molecule has 0 atom stereocenters. The average molecular weight is 280 g/mol. The highest BCUT2D eigenvalue weighted by atomic mass is 15.3. The zero-order valence-corrected chi connectivity index (χ0v) is 12.2. The van der Waals surface area contributed by atoms with E-state index in [4.69, 9.17) is 5.26 Å². The van der Waals surface area contributed by atoms with E-state index in [9.17, 15) is 0 Å². The normalized spacial score (nSPS) is 9.90. The molecule has 4 nitrogen and oxygen atoms in total. The van der Waals surface area contributed by atoms with Crippen molar-refractivity contribution in [2.75, 3.05) is 23.9 Å². The third kappa shape index (κ3) is 4.83. The van der Waals surface area contributed by atoms with E-state index in [-0.39, 0.29) is 0 Å². The van der Waals surface area contributed by atoms with Gasteiger partial charge in [0.1, 0.15) is 0 Å².